The third kappa shape index (κ3) is 12.7. The third-order valence-corrected chi connectivity index (χ3v) is 3.82. The van der Waals surface area contributed by atoms with Gasteiger partial charge in [0.1, 0.15) is 5.38 Å². The lowest BCUT2D eigenvalue weighted by Gasteiger charge is -2.08. The monoisotopic (exact) mass is 305 g/mol. The van der Waals surface area contributed by atoms with E-state index in [1.165, 1.54) is 64.9 Å². The van der Waals surface area contributed by atoms with Gasteiger partial charge in [-0.05, 0) is 13.0 Å². The lowest BCUT2D eigenvalue weighted by molar-refractivity contribution is -0.140. The molecule has 120 valence electrons. The maximum atomic E-state index is 11.1. The molecular formula is C16H32ClNO2. The van der Waals surface area contributed by atoms with Gasteiger partial charge in [-0.2, -0.15) is 0 Å². The van der Waals surface area contributed by atoms with Crippen LogP contribution in [-0.4, -0.2) is 31.5 Å². The standard InChI is InChI=1S/C16H32ClNO2/c1-3-4-5-6-7-8-9-10-11-12-13-18-14-15(17)16(19)20-2/h15,18H,3-14H2,1-2H3. The molecule has 0 heterocycles. The van der Waals surface area contributed by atoms with Crippen LogP contribution < -0.4 is 5.32 Å². The van der Waals surface area contributed by atoms with Crippen LogP contribution in [0.3, 0.4) is 0 Å². The number of carbonyl (C=O) groups is 1. The Morgan fingerprint density at radius 3 is 2.00 bits per heavy atom. The molecule has 0 saturated heterocycles. The Morgan fingerprint density at radius 1 is 1.00 bits per heavy atom. The first-order valence-electron chi connectivity index (χ1n) is 8.15. The molecule has 0 saturated carbocycles. The second kappa shape index (κ2) is 15.1. The lowest BCUT2D eigenvalue weighted by Crippen LogP contribution is -2.30. The van der Waals surface area contributed by atoms with Gasteiger partial charge in [0.05, 0.1) is 7.11 Å². The average Bonchev–Trinajstić information content (AvgIpc) is 2.47. The molecule has 1 atom stereocenters. The zero-order chi connectivity index (χ0) is 15.1. The quantitative estimate of drug-likeness (QED) is 0.296. The van der Waals surface area contributed by atoms with Crippen LogP contribution in [0.25, 0.3) is 0 Å². The molecule has 20 heavy (non-hydrogen) atoms. The zero-order valence-electron chi connectivity index (χ0n) is 13.3. The van der Waals surface area contributed by atoms with Crippen molar-refractivity contribution in [1.29, 1.82) is 0 Å². The van der Waals surface area contributed by atoms with Crippen molar-refractivity contribution in [2.24, 2.45) is 0 Å². The summed E-state index contributed by atoms with van der Waals surface area (Å²) in [6, 6.07) is 0. The van der Waals surface area contributed by atoms with E-state index in [1.807, 2.05) is 0 Å². The van der Waals surface area contributed by atoms with E-state index in [0.717, 1.165) is 13.0 Å². The number of alkyl halides is 1. The molecule has 0 bridgehead atoms. The van der Waals surface area contributed by atoms with Crippen LogP contribution in [0.5, 0.6) is 0 Å². The topological polar surface area (TPSA) is 38.3 Å². The summed E-state index contributed by atoms with van der Waals surface area (Å²) in [5, 5.41) is 2.63. The normalized spacial score (nSPS) is 12.3. The van der Waals surface area contributed by atoms with Gasteiger partial charge in [0.15, 0.2) is 0 Å². The first-order chi connectivity index (χ1) is 9.72. The summed E-state index contributed by atoms with van der Waals surface area (Å²) < 4.78 is 4.56. The minimum absolute atomic E-state index is 0.359. The maximum absolute atomic E-state index is 11.1. The second-order valence-corrected chi connectivity index (χ2v) is 5.90. The van der Waals surface area contributed by atoms with Gasteiger partial charge in [0.25, 0.3) is 0 Å². The first-order valence-corrected chi connectivity index (χ1v) is 8.58. The van der Waals surface area contributed by atoms with Crippen LogP contribution in [0.15, 0.2) is 0 Å². The summed E-state index contributed by atoms with van der Waals surface area (Å²) in [7, 11) is 1.36. The largest absolute Gasteiger partial charge is 0.468 e. The van der Waals surface area contributed by atoms with Gasteiger partial charge in [-0.1, -0.05) is 64.7 Å². The summed E-state index contributed by atoms with van der Waals surface area (Å²) in [5.41, 5.74) is 0. The van der Waals surface area contributed by atoms with Crippen molar-refractivity contribution >= 4 is 17.6 Å². The molecule has 0 aromatic rings. The van der Waals surface area contributed by atoms with E-state index in [2.05, 4.69) is 17.0 Å². The average molecular weight is 306 g/mol. The van der Waals surface area contributed by atoms with Crippen molar-refractivity contribution in [2.75, 3.05) is 20.2 Å². The molecular weight excluding hydrogens is 274 g/mol. The fourth-order valence-electron chi connectivity index (χ4n) is 2.18. The van der Waals surface area contributed by atoms with Crippen molar-refractivity contribution in [3.63, 3.8) is 0 Å². The van der Waals surface area contributed by atoms with Crippen LogP contribution in [0, 0.1) is 0 Å². The van der Waals surface area contributed by atoms with Gasteiger partial charge in [-0.3, -0.25) is 4.79 Å². The van der Waals surface area contributed by atoms with E-state index >= 15 is 0 Å². The Bertz CT molecular complexity index is 225. The molecule has 0 aliphatic rings. The number of hydrogen-bond acceptors (Lipinski definition) is 3. The number of nitrogens with one attached hydrogen (secondary N) is 1. The first kappa shape index (κ1) is 19.7. The molecule has 1 unspecified atom stereocenters. The summed E-state index contributed by atoms with van der Waals surface area (Å²) in [5.74, 6) is -0.359. The molecule has 0 fully saturated rings. The highest BCUT2D eigenvalue weighted by molar-refractivity contribution is 6.30. The number of unbranched alkanes of at least 4 members (excludes halogenated alkanes) is 9. The SMILES string of the molecule is CCCCCCCCCCCCNCC(Cl)C(=O)OC. The second-order valence-electron chi connectivity index (χ2n) is 5.38. The van der Waals surface area contributed by atoms with Crippen molar-refractivity contribution in [1.82, 2.24) is 5.32 Å². The van der Waals surface area contributed by atoms with Crippen LogP contribution in [0.4, 0.5) is 0 Å². The van der Waals surface area contributed by atoms with Crippen molar-refractivity contribution in [3.05, 3.63) is 0 Å². The molecule has 0 amide bonds. The molecule has 0 aromatic heterocycles. The fourth-order valence-corrected chi connectivity index (χ4v) is 2.38. The number of rotatable bonds is 14. The van der Waals surface area contributed by atoms with E-state index in [4.69, 9.17) is 11.6 Å². The molecule has 3 nitrogen and oxygen atoms in total. The summed E-state index contributed by atoms with van der Waals surface area (Å²) in [6.07, 6.45) is 13.4. The smallest absolute Gasteiger partial charge is 0.325 e. The van der Waals surface area contributed by atoms with Crippen LogP contribution in [-0.2, 0) is 9.53 Å². The molecule has 0 aromatic carbocycles. The summed E-state index contributed by atoms with van der Waals surface area (Å²) in [4.78, 5) is 11.1. The highest BCUT2D eigenvalue weighted by Gasteiger charge is 2.14. The third-order valence-electron chi connectivity index (χ3n) is 3.49. The summed E-state index contributed by atoms with van der Waals surface area (Å²) in [6.45, 7) is 3.67. The number of ether oxygens (including phenoxy) is 1. The highest BCUT2D eigenvalue weighted by Crippen LogP contribution is 2.10. The molecule has 0 aliphatic heterocycles. The van der Waals surface area contributed by atoms with E-state index < -0.39 is 5.38 Å². The zero-order valence-corrected chi connectivity index (χ0v) is 14.0. The van der Waals surface area contributed by atoms with Crippen molar-refractivity contribution < 1.29 is 9.53 Å². The Balaban J connectivity index is 3.11. The minimum Gasteiger partial charge on any atom is -0.468 e. The minimum atomic E-state index is -0.567. The number of halogens is 1. The molecule has 0 aliphatic carbocycles. The molecule has 1 N–H and O–H groups in total. The number of methoxy groups -OCH3 is 1. The predicted octanol–water partition coefficient (Wildman–Crippen LogP) is 4.28. The molecule has 0 spiro atoms. The van der Waals surface area contributed by atoms with E-state index in [1.54, 1.807) is 0 Å². The van der Waals surface area contributed by atoms with E-state index in [9.17, 15) is 4.79 Å². The van der Waals surface area contributed by atoms with Crippen LogP contribution in [0.1, 0.15) is 71.1 Å². The van der Waals surface area contributed by atoms with E-state index in [0.29, 0.717) is 6.54 Å². The lowest BCUT2D eigenvalue weighted by atomic mass is 10.1. The number of hydrogen-bond donors (Lipinski definition) is 1. The Kier molecular flexibility index (Phi) is 14.9. The summed E-state index contributed by atoms with van der Waals surface area (Å²) >= 11 is 5.83. The van der Waals surface area contributed by atoms with Crippen LogP contribution in [0.2, 0.25) is 0 Å². The molecule has 4 heteroatoms. The predicted molar refractivity (Wildman–Crippen MR) is 86.4 cm³/mol. The number of carbonyl (C=O) groups excluding carboxylic acids is 1. The van der Waals surface area contributed by atoms with Gasteiger partial charge >= 0.3 is 5.97 Å². The van der Waals surface area contributed by atoms with E-state index in [-0.39, 0.29) is 5.97 Å². The van der Waals surface area contributed by atoms with Gasteiger partial charge < -0.3 is 10.1 Å². The van der Waals surface area contributed by atoms with Gasteiger partial charge in [0.2, 0.25) is 0 Å². The van der Waals surface area contributed by atoms with Gasteiger partial charge in [-0.15, -0.1) is 11.6 Å². The van der Waals surface area contributed by atoms with Gasteiger partial charge in [-0.25, -0.2) is 0 Å². The van der Waals surface area contributed by atoms with Crippen molar-refractivity contribution in [3.8, 4) is 0 Å². The molecule has 0 radical (unpaired) electrons. The fraction of sp³-hybridized carbons (Fsp3) is 0.938. The maximum Gasteiger partial charge on any atom is 0.325 e. The van der Waals surface area contributed by atoms with Gasteiger partial charge in [0, 0.05) is 6.54 Å². The Hall–Kier alpha value is -0.280. The highest BCUT2D eigenvalue weighted by atomic mass is 35.5. The Morgan fingerprint density at radius 2 is 1.50 bits per heavy atom. The number of esters is 1. The molecule has 0 rings (SSSR count). The van der Waals surface area contributed by atoms with Crippen molar-refractivity contribution in [2.45, 2.75) is 76.5 Å². The Labute approximate surface area is 129 Å². The van der Waals surface area contributed by atoms with Crippen LogP contribution >= 0.6 is 11.6 Å².